The number of hydrogen-bond donors (Lipinski definition) is 0. The quantitative estimate of drug-likeness (QED) is 0.491. The van der Waals surface area contributed by atoms with E-state index in [-0.39, 0.29) is 0 Å². The van der Waals surface area contributed by atoms with Crippen molar-refractivity contribution in [3.8, 4) is 0 Å². The van der Waals surface area contributed by atoms with Crippen LogP contribution in [-0.4, -0.2) is 6.29 Å². The molecule has 0 aliphatic heterocycles. The largest absolute Gasteiger partial charge is 0.298 e. The van der Waals surface area contributed by atoms with Crippen LogP contribution in [0.2, 0.25) is 0 Å². The van der Waals surface area contributed by atoms with Crippen LogP contribution in [-0.2, 0) is 4.79 Å². The molecular weight excluding hydrogens is 124 g/mol. The van der Waals surface area contributed by atoms with Gasteiger partial charge in [0.2, 0.25) is 0 Å². The molecule has 0 unspecified atom stereocenters. The number of carbonyl (C=O) groups excluding carboxylic acids is 1. The number of allylic oxidation sites excluding steroid dienone is 4. The fourth-order valence-electron chi connectivity index (χ4n) is 0.592. The first-order chi connectivity index (χ1) is 3.83. The maximum absolute atomic E-state index is 9.99. The van der Waals surface area contributed by atoms with Crippen molar-refractivity contribution in [2.24, 2.45) is 0 Å². The van der Waals surface area contributed by atoms with E-state index in [2.05, 4.69) is 0 Å². The molecule has 0 bridgehead atoms. The van der Waals surface area contributed by atoms with Gasteiger partial charge in [0.05, 0.1) is 0 Å². The predicted octanol–water partition coefficient (Wildman–Crippen LogP) is 1.64. The van der Waals surface area contributed by atoms with Gasteiger partial charge >= 0.3 is 0 Å². The third-order valence-electron chi connectivity index (χ3n) is 1.01. The zero-order valence-corrected chi connectivity index (χ0v) is 4.98. The average Bonchev–Trinajstić information content (AvgIpc) is 2.14. The van der Waals surface area contributed by atoms with Crippen LogP contribution < -0.4 is 0 Å². The van der Waals surface area contributed by atoms with Crippen LogP contribution in [0, 0.1) is 0 Å². The fourth-order valence-corrected chi connectivity index (χ4v) is 0.810. The van der Waals surface area contributed by atoms with Gasteiger partial charge in [0, 0.05) is 5.03 Å². The van der Waals surface area contributed by atoms with Crippen LogP contribution in [0.15, 0.2) is 22.8 Å². The van der Waals surface area contributed by atoms with E-state index >= 15 is 0 Å². The lowest BCUT2D eigenvalue weighted by atomic mass is 10.3. The minimum absolute atomic E-state index is 0.673. The van der Waals surface area contributed by atoms with Crippen LogP contribution in [0.25, 0.3) is 0 Å². The van der Waals surface area contributed by atoms with Crippen molar-refractivity contribution in [1.82, 2.24) is 0 Å². The van der Waals surface area contributed by atoms with Crippen LogP contribution >= 0.6 is 11.6 Å². The molecule has 0 aromatic rings. The summed E-state index contributed by atoms with van der Waals surface area (Å²) in [5.74, 6) is 0. The molecule has 2 heteroatoms. The van der Waals surface area contributed by atoms with Crippen molar-refractivity contribution >= 4 is 17.9 Å². The van der Waals surface area contributed by atoms with Gasteiger partial charge in [-0.25, -0.2) is 0 Å². The molecule has 1 nitrogen and oxygen atoms in total. The van der Waals surface area contributed by atoms with E-state index < -0.39 is 0 Å². The molecule has 1 rings (SSSR count). The highest BCUT2D eigenvalue weighted by atomic mass is 35.5. The van der Waals surface area contributed by atoms with E-state index in [0.717, 1.165) is 11.9 Å². The van der Waals surface area contributed by atoms with E-state index in [9.17, 15) is 4.79 Å². The van der Waals surface area contributed by atoms with Crippen LogP contribution in [0.5, 0.6) is 0 Å². The fraction of sp³-hybridized carbons (Fsp3) is 0.167. The Kier molecular flexibility index (Phi) is 1.49. The third kappa shape index (κ3) is 0.984. The Morgan fingerprint density at radius 2 is 2.50 bits per heavy atom. The molecule has 0 fully saturated rings. The minimum atomic E-state index is 0.673. The summed E-state index contributed by atoms with van der Waals surface area (Å²) in [6, 6.07) is 0. The van der Waals surface area contributed by atoms with E-state index in [1.807, 2.05) is 6.08 Å². The van der Waals surface area contributed by atoms with E-state index in [1.165, 1.54) is 0 Å². The molecule has 0 saturated heterocycles. The van der Waals surface area contributed by atoms with Crippen LogP contribution in [0.3, 0.4) is 0 Å². The first-order valence-corrected chi connectivity index (χ1v) is 2.72. The lowest BCUT2D eigenvalue weighted by Crippen LogP contribution is -1.74. The second-order valence-corrected chi connectivity index (χ2v) is 2.07. The highest BCUT2D eigenvalue weighted by Crippen LogP contribution is 2.17. The highest BCUT2D eigenvalue weighted by molar-refractivity contribution is 6.31. The van der Waals surface area contributed by atoms with Gasteiger partial charge in [-0.3, -0.25) is 4.79 Å². The van der Waals surface area contributed by atoms with Gasteiger partial charge in [-0.05, 0) is 18.1 Å². The normalized spacial score (nSPS) is 17.6. The Morgan fingerprint density at radius 1 is 1.75 bits per heavy atom. The molecule has 0 atom stereocenters. The topological polar surface area (TPSA) is 17.1 Å². The Bertz CT molecular complexity index is 167. The van der Waals surface area contributed by atoms with Gasteiger partial charge < -0.3 is 0 Å². The van der Waals surface area contributed by atoms with Crippen LogP contribution in [0.4, 0.5) is 0 Å². The summed E-state index contributed by atoms with van der Waals surface area (Å²) < 4.78 is 0. The lowest BCUT2D eigenvalue weighted by Gasteiger charge is -1.78. The summed E-state index contributed by atoms with van der Waals surface area (Å²) in [6.07, 6.45) is 5.01. The van der Waals surface area contributed by atoms with Gasteiger partial charge in [0.15, 0.2) is 0 Å². The number of rotatable bonds is 1. The first-order valence-electron chi connectivity index (χ1n) is 2.34. The molecule has 0 amide bonds. The Hall–Kier alpha value is -0.560. The van der Waals surface area contributed by atoms with Crippen LogP contribution in [0.1, 0.15) is 6.42 Å². The Morgan fingerprint density at radius 3 is 2.75 bits per heavy atom. The van der Waals surface area contributed by atoms with Crippen molar-refractivity contribution in [2.75, 3.05) is 0 Å². The van der Waals surface area contributed by atoms with E-state index in [4.69, 9.17) is 11.6 Å². The maximum Gasteiger partial charge on any atom is 0.146 e. The number of carbonyl (C=O) groups is 1. The molecule has 1 aliphatic rings. The van der Waals surface area contributed by atoms with Crippen molar-refractivity contribution in [2.45, 2.75) is 6.42 Å². The molecule has 42 valence electrons. The van der Waals surface area contributed by atoms with E-state index in [0.29, 0.717) is 11.5 Å². The molecule has 0 heterocycles. The van der Waals surface area contributed by atoms with Crippen molar-refractivity contribution in [3.05, 3.63) is 22.8 Å². The average molecular weight is 129 g/mol. The van der Waals surface area contributed by atoms with Crippen molar-refractivity contribution < 1.29 is 4.79 Å². The SMILES string of the molecule is O=CC1=CC(Cl)=CC1. The maximum atomic E-state index is 9.99. The molecular formula is C6H5ClO. The summed E-state index contributed by atoms with van der Waals surface area (Å²) in [5, 5.41) is 0.673. The number of aldehydes is 1. The molecule has 0 aromatic heterocycles. The Labute approximate surface area is 52.6 Å². The lowest BCUT2D eigenvalue weighted by molar-refractivity contribution is -0.104. The zero-order chi connectivity index (χ0) is 5.98. The van der Waals surface area contributed by atoms with Gasteiger partial charge in [-0.1, -0.05) is 17.7 Å². The molecule has 0 radical (unpaired) electrons. The van der Waals surface area contributed by atoms with Gasteiger partial charge in [-0.15, -0.1) is 0 Å². The van der Waals surface area contributed by atoms with E-state index in [1.54, 1.807) is 6.08 Å². The van der Waals surface area contributed by atoms with Gasteiger partial charge in [0.25, 0.3) is 0 Å². The smallest absolute Gasteiger partial charge is 0.146 e. The standard InChI is InChI=1S/C6H5ClO/c7-6-2-1-5(3-6)4-8/h2-4H,1H2. The third-order valence-corrected chi connectivity index (χ3v) is 1.27. The summed E-state index contributed by atoms with van der Waals surface area (Å²) in [4.78, 5) is 9.99. The minimum Gasteiger partial charge on any atom is -0.298 e. The summed E-state index contributed by atoms with van der Waals surface area (Å²) in [6.45, 7) is 0. The van der Waals surface area contributed by atoms with Gasteiger partial charge in [0.1, 0.15) is 6.29 Å². The number of halogens is 1. The Balaban J connectivity index is 2.69. The highest BCUT2D eigenvalue weighted by Gasteiger charge is 2.00. The van der Waals surface area contributed by atoms with Crippen molar-refractivity contribution in [1.29, 1.82) is 0 Å². The monoisotopic (exact) mass is 128 g/mol. The second kappa shape index (κ2) is 2.14. The van der Waals surface area contributed by atoms with Gasteiger partial charge in [-0.2, -0.15) is 0 Å². The second-order valence-electron chi connectivity index (χ2n) is 1.63. The zero-order valence-electron chi connectivity index (χ0n) is 4.23. The molecule has 0 saturated carbocycles. The predicted molar refractivity (Wildman–Crippen MR) is 32.7 cm³/mol. The summed E-state index contributed by atoms with van der Waals surface area (Å²) >= 11 is 5.51. The molecule has 1 aliphatic carbocycles. The summed E-state index contributed by atoms with van der Waals surface area (Å²) in [7, 11) is 0. The number of hydrogen-bond acceptors (Lipinski definition) is 1. The molecule has 8 heavy (non-hydrogen) atoms. The molecule has 0 N–H and O–H groups in total. The first kappa shape index (κ1) is 5.57. The molecule has 0 spiro atoms. The molecule has 0 aromatic carbocycles. The summed E-state index contributed by atoms with van der Waals surface area (Å²) in [5.41, 5.74) is 0.759. The van der Waals surface area contributed by atoms with Crippen molar-refractivity contribution in [3.63, 3.8) is 0 Å².